The molecule has 0 N–H and O–H groups in total. The summed E-state index contributed by atoms with van der Waals surface area (Å²) in [5, 5.41) is 0. The minimum absolute atomic E-state index is 0.211. The first-order valence-corrected chi connectivity index (χ1v) is 9.77. The maximum absolute atomic E-state index is 12.9. The Bertz CT molecular complexity index is 998. The van der Waals surface area contributed by atoms with Crippen molar-refractivity contribution >= 4 is 20.2 Å². The molecular formula is C15H13F3O6S2. The summed E-state index contributed by atoms with van der Waals surface area (Å²) >= 11 is 0. The molecule has 0 saturated carbocycles. The zero-order chi connectivity index (χ0) is 19.6. The summed E-state index contributed by atoms with van der Waals surface area (Å²) in [6, 6.07) is 9.11. The van der Waals surface area contributed by atoms with Gasteiger partial charge < -0.3 is 0 Å². The van der Waals surface area contributed by atoms with Crippen molar-refractivity contribution in [3.63, 3.8) is 0 Å². The lowest BCUT2D eigenvalue weighted by Gasteiger charge is -2.13. The largest absolute Gasteiger partial charge is 0.417 e. The Balaban J connectivity index is 2.19. The second kappa shape index (κ2) is 7.35. The third kappa shape index (κ3) is 4.61. The number of hydrogen-bond donors (Lipinski definition) is 0. The van der Waals surface area contributed by atoms with Gasteiger partial charge in [-0.1, -0.05) is 30.3 Å². The van der Waals surface area contributed by atoms with Crippen LogP contribution in [-0.4, -0.2) is 23.6 Å². The van der Waals surface area contributed by atoms with Crippen LogP contribution in [0.1, 0.15) is 11.1 Å². The zero-order valence-electron chi connectivity index (χ0n) is 13.2. The lowest BCUT2D eigenvalue weighted by Crippen LogP contribution is -2.18. The standard InChI is InChI=1S/C15H13F3O6S2/c1-11-6-2-4-8-13(11)25(19,20)23-10-24-26(21,22)14-9-5-3-7-12(14)15(16,17)18/h2-9H,10H2,1H3. The van der Waals surface area contributed by atoms with Crippen LogP contribution in [0.4, 0.5) is 13.2 Å². The van der Waals surface area contributed by atoms with Crippen molar-refractivity contribution in [1.29, 1.82) is 0 Å². The quantitative estimate of drug-likeness (QED) is 0.537. The van der Waals surface area contributed by atoms with Crippen LogP contribution in [-0.2, 0) is 34.8 Å². The van der Waals surface area contributed by atoms with E-state index in [2.05, 4.69) is 8.37 Å². The highest BCUT2D eigenvalue weighted by atomic mass is 32.2. The van der Waals surface area contributed by atoms with Gasteiger partial charge in [0.15, 0.2) is 6.79 Å². The highest BCUT2D eigenvalue weighted by Gasteiger charge is 2.37. The van der Waals surface area contributed by atoms with E-state index >= 15 is 0 Å². The Kier molecular flexibility index (Phi) is 5.76. The van der Waals surface area contributed by atoms with E-state index in [0.29, 0.717) is 17.7 Å². The van der Waals surface area contributed by atoms with E-state index < -0.39 is 43.7 Å². The maximum Gasteiger partial charge on any atom is 0.417 e. The van der Waals surface area contributed by atoms with E-state index in [-0.39, 0.29) is 4.90 Å². The van der Waals surface area contributed by atoms with Crippen LogP contribution in [0.5, 0.6) is 0 Å². The molecule has 0 fully saturated rings. The van der Waals surface area contributed by atoms with E-state index in [1.165, 1.54) is 25.1 Å². The number of halogens is 3. The van der Waals surface area contributed by atoms with E-state index in [0.717, 1.165) is 12.1 Å². The molecule has 0 radical (unpaired) electrons. The smallest absolute Gasteiger partial charge is 0.236 e. The molecule has 2 rings (SSSR count). The predicted octanol–water partition coefficient (Wildman–Crippen LogP) is 3.08. The van der Waals surface area contributed by atoms with Crippen molar-refractivity contribution < 1.29 is 38.4 Å². The first kappa shape index (κ1) is 20.4. The van der Waals surface area contributed by atoms with E-state index in [4.69, 9.17) is 0 Å². The van der Waals surface area contributed by atoms with E-state index in [1.54, 1.807) is 6.07 Å². The van der Waals surface area contributed by atoms with Crippen LogP contribution in [0.25, 0.3) is 0 Å². The molecule has 142 valence electrons. The minimum atomic E-state index is -4.93. The molecule has 0 aliphatic heterocycles. The number of rotatable bonds is 6. The third-order valence-electron chi connectivity index (χ3n) is 3.23. The average Bonchev–Trinajstić information content (AvgIpc) is 2.54. The first-order chi connectivity index (χ1) is 12.0. The molecule has 0 heterocycles. The van der Waals surface area contributed by atoms with Crippen LogP contribution in [0.15, 0.2) is 58.3 Å². The van der Waals surface area contributed by atoms with Crippen molar-refractivity contribution in [2.24, 2.45) is 0 Å². The monoisotopic (exact) mass is 410 g/mol. The normalized spacial score (nSPS) is 12.9. The molecule has 0 aliphatic rings. The molecule has 0 unspecified atom stereocenters. The third-order valence-corrected chi connectivity index (χ3v) is 5.94. The van der Waals surface area contributed by atoms with Gasteiger partial charge in [0.25, 0.3) is 20.2 Å². The molecule has 0 amide bonds. The molecule has 0 saturated heterocycles. The molecule has 2 aromatic rings. The first-order valence-electron chi connectivity index (χ1n) is 6.96. The Hall–Kier alpha value is -1.95. The summed E-state index contributed by atoms with van der Waals surface area (Å²) in [6.45, 7) is 0.193. The summed E-state index contributed by atoms with van der Waals surface area (Å²) in [4.78, 5) is -1.35. The molecule has 0 aromatic heterocycles. The molecule has 0 atom stereocenters. The minimum Gasteiger partial charge on any atom is -0.236 e. The fourth-order valence-corrected chi connectivity index (χ4v) is 4.10. The van der Waals surface area contributed by atoms with Gasteiger partial charge in [0.1, 0.15) is 4.90 Å². The van der Waals surface area contributed by atoms with Gasteiger partial charge in [-0.15, -0.1) is 0 Å². The Morgan fingerprint density at radius 3 is 1.81 bits per heavy atom. The Labute approximate surface area is 148 Å². The fourth-order valence-electron chi connectivity index (χ4n) is 2.03. The van der Waals surface area contributed by atoms with Crippen molar-refractivity contribution in [1.82, 2.24) is 0 Å². The summed E-state index contributed by atoms with van der Waals surface area (Å²) in [7, 11) is -9.24. The Morgan fingerprint density at radius 1 is 0.808 bits per heavy atom. The van der Waals surface area contributed by atoms with Gasteiger partial charge >= 0.3 is 6.18 Å². The van der Waals surface area contributed by atoms with Gasteiger partial charge in [-0.25, -0.2) is 8.37 Å². The van der Waals surface area contributed by atoms with Crippen LogP contribution >= 0.6 is 0 Å². The summed E-state index contributed by atoms with van der Waals surface area (Å²) < 4.78 is 95.5. The highest BCUT2D eigenvalue weighted by molar-refractivity contribution is 7.87. The topological polar surface area (TPSA) is 86.7 Å². The van der Waals surface area contributed by atoms with Gasteiger partial charge in [0, 0.05) is 0 Å². The van der Waals surface area contributed by atoms with Crippen LogP contribution in [0, 0.1) is 6.92 Å². The predicted molar refractivity (Wildman–Crippen MR) is 84.0 cm³/mol. The van der Waals surface area contributed by atoms with Crippen molar-refractivity contribution in [2.75, 3.05) is 6.79 Å². The molecule has 0 bridgehead atoms. The van der Waals surface area contributed by atoms with Gasteiger partial charge in [0.05, 0.1) is 10.5 Å². The number of aryl methyl sites for hydroxylation is 1. The molecule has 0 spiro atoms. The van der Waals surface area contributed by atoms with Gasteiger partial charge in [-0.05, 0) is 30.7 Å². The van der Waals surface area contributed by atoms with E-state index in [1.807, 2.05) is 0 Å². The molecule has 6 nitrogen and oxygen atoms in total. The lowest BCUT2D eigenvalue weighted by atomic mass is 10.2. The zero-order valence-corrected chi connectivity index (χ0v) is 14.9. The van der Waals surface area contributed by atoms with Crippen LogP contribution in [0.2, 0.25) is 0 Å². The number of hydrogen-bond acceptors (Lipinski definition) is 6. The highest BCUT2D eigenvalue weighted by Crippen LogP contribution is 2.34. The molecule has 26 heavy (non-hydrogen) atoms. The van der Waals surface area contributed by atoms with Crippen molar-refractivity contribution in [2.45, 2.75) is 22.9 Å². The van der Waals surface area contributed by atoms with Crippen molar-refractivity contribution in [3.8, 4) is 0 Å². The number of alkyl halides is 3. The van der Waals surface area contributed by atoms with Crippen LogP contribution in [0.3, 0.4) is 0 Å². The summed E-state index contributed by atoms with van der Waals surface area (Å²) in [6.07, 6.45) is -4.93. The number of benzene rings is 2. The van der Waals surface area contributed by atoms with Crippen LogP contribution < -0.4 is 0 Å². The second-order valence-corrected chi connectivity index (χ2v) is 8.19. The SMILES string of the molecule is Cc1ccccc1S(=O)(=O)OCOS(=O)(=O)c1ccccc1C(F)(F)F. The molecule has 2 aromatic carbocycles. The van der Waals surface area contributed by atoms with E-state index in [9.17, 15) is 30.0 Å². The molecule has 11 heteroatoms. The summed E-state index contributed by atoms with van der Waals surface area (Å²) in [5.41, 5.74) is -1.08. The lowest BCUT2D eigenvalue weighted by molar-refractivity contribution is -0.140. The average molecular weight is 410 g/mol. The summed E-state index contributed by atoms with van der Waals surface area (Å²) in [5.74, 6) is 0. The van der Waals surface area contributed by atoms with Gasteiger partial charge in [-0.2, -0.15) is 30.0 Å². The fraction of sp³-hybridized carbons (Fsp3) is 0.200. The molecular weight excluding hydrogens is 397 g/mol. The van der Waals surface area contributed by atoms with Gasteiger partial charge in [-0.3, -0.25) is 0 Å². The second-order valence-electron chi connectivity index (χ2n) is 5.02. The maximum atomic E-state index is 12.9. The van der Waals surface area contributed by atoms with Crippen molar-refractivity contribution in [3.05, 3.63) is 59.7 Å². The Morgan fingerprint density at radius 2 is 1.27 bits per heavy atom. The van der Waals surface area contributed by atoms with Gasteiger partial charge in [0.2, 0.25) is 0 Å². The molecule has 0 aliphatic carbocycles.